The van der Waals surface area contributed by atoms with Crippen molar-refractivity contribution >= 4 is 21.9 Å². The Labute approximate surface area is 105 Å². The number of esters is 1. The quantitative estimate of drug-likeness (QED) is 0.614. The summed E-state index contributed by atoms with van der Waals surface area (Å²) >= 11 is 3.42. The molecule has 2 nitrogen and oxygen atoms in total. The fraction of sp³-hybridized carbons (Fsp3) is 0.462. The highest BCUT2D eigenvalue weighted by Gasteiger charge is 2.08. The number of carbonyl (C=O) groups excluding carboxylic acids is 1. The van der Waals surface area contributed by atoms with Crippen LogP contribution in [0.15, 0.2) is 18.2 Å². The number of methoxy groups -OCH3 is 1. The van der Waals surface area contributed by atoms with Crippen molar-refractivity contribution in [3.63, 3.8) is 0 Å². The Morgan fingerprint density at radius 3 is 2.75 bits per heavy atom. The molecule has 0 N–H and O–H groups in total. The van der Waals surface area contributed by atoms with Crippen molar-refractivity contribution in [1.29, 1.82) is 0 Å². The third kappa shape index (κ3) is 3.97. The number of carbonyl (C=O) groups is 1. The second-order valence-electron chi connectivity index (χ2n) is 3.82. The van der Waals surface area contributed by atoms with E-state index in [2.05, 4.69) is 28.9 Å². The fourth-order valence-corrected chi connectivity index (χ4v) is 1.93. The largest absolute Gasteiger partial charge is 0.469 e. The molecule has 0 fully saturated rings. The van der Waals surface area contributed by atoms with Gasteiger partial charge in [-0.05, 0) is 30.9 Å². The molecule has 0 atom stereocenters. The Morgan fingerprint density at radius 2 is 2.12 bits per heavy atom. The zero-order valence-electron chi connectivity index (χ0n) is 9.75. The lowest BCUT2D eigenvalue weighted by molar-refractivity contribution is -0.139. The van der Waals surface area contributed by atoms with Crippen LogP contribution >= 0.6 is 15.9 Å². The molecule has 0 bridgehead atoms. The predicted octanol–water partition coefficient (Wildman–Crippen LogP) is 3.04. The van der Waals surface area contributed by atoms with Crippen LogP contribution in [0.4, 0.5) is 0 Å². The summed E-state index contributed by atoms with van der Waals surface area (Å²) in [7, 11) is 1.43. The first-order valence-electron chi connectivity index (χ1n) is 5.38. The summed E-state index contributed by atoms with van der Waals surface area (Å²) in [6.07, 6.45) is 2.45. The summed E-state index contributed by atoms with van der Waals surface area (Å²) in [6, 6.07) is 6.21. The first kappa shape index (κ1) is 13.2. The molecule has 88 valence electrons. The smallest absolute Gasteiger partial charge is 0.309 e. The zero-order chi connectivity index (χ0) is 12.0. The molecule has 1 aromatic rings. The van der Waals surface area contributed by atoms with E-state index in [1.807, 2.05) is 12.1 Å². The molecule has 0 unspecified atom stereocenters. The Bertz CT molecular complexity index is 361. The molecule has 0 saturated heterocycles. The van der Waals surface area contributed by atoms with Crippen LogP contribution in [-0.2, 0) is 22.4 Å². The number of hydrogen-bond acceptors (Lipinski definition) is 2. The third-order valence-electron chi connectivity index (χ3n) is 2.50. The number of rotatable bonds is 5. The van der Waals surface area contributed by atoms with Gasteiger partial charge < -0.3 is 4.74 Å². The molecule has 3 heteroatoms. The van der Waals surface area contributed by atoms with E-state index in [1.165, 1.54) is 18.2 Å². The van der Waals surface area contributed by atoms with Crippen LogP contribution in [0.3, 0.4) is 0 Å². The van der Waals surface area contributed by atoms with Gasteiger partial charge in [0.05, 0.1) is 13.5 Å². The van der Waals surface area contributed by atoms with Crippen LogP contribution in [0, 0.1) is 6.92 Å². The molecule has 0 aliphatic carbocycles. The zero-order valence-corrected chi connectivity index (χ0v) is 11.3. The molecule has 0 spiro atoms. The summed E-state index contributed by atoms with van der Waals surface area (Å²) in [6.45, 7) is 2.07. The van der Waals surface area contributed by atoms with Gasteiger partial charge in [-0.2, -0.15) is 0 Å². The standard InChI is InChI=1S/C13H17BrO2/c1-10-5-6-12(9-13(15)16-2)11(8-10)4-3-7-14/h5-6,8H,3-4,7,9H2,1-2H3. The van der Waals surface area contributed by atoms with Crippen LogP contribution in [-0.4, -0.2) is 18.4 Å². The minimum atomic E-state index is -0.177. The summed E-state index contributed by atoms with van der Waals surface area (Å²) in [4.78, 5) is 11.3. The second-order valence-corrected chi connectivity index (χ2v) is 4.61. The number of alkyl halides is 1. The van der Waals surface area contributed by atoms with Crippen molar-refractivity contribution in [2.75, 3.05) is 12.4 Å². The third-order valence-corrected chi connectivity index (χ3v) is 3.06. The van der Waals surface area contributed by atoms with Gasteiger partial charge in [0.2, 0.25) is 0 Å². The van der Waals surface area contributed by atoms with Crippen molar-refractivity contribution in [3.8, 4) is 0 Å². The van der Waals surface area contributed by atoms with Crippen LogP contribution in [0.25, 0.3) is 0 Å². The maximum Gasteiger partial charge on any atom is 0.309 e. The van der Waals surface area contributed by atoms with Gasteiger partial charge in [-0.15, -0.1) is 0 Å². The summed E-state index contributed by atoms with van der Waals surface area (Å²) in [5, 5.41) is 0.985. The van der Waals surface area contributed by atoms with E-state index >= 15 is 0 Å². The van der Waals surface area contributed by atoms with Crippen LogP contribution < -0.4 is 0 Å². The molecule has 16 heavy (non-hydrogen) atoms. The van der Waals surface area contributed by atoms with Gasteiger partial charge in [0.25, 0.3) is 0 Å². The molecule has 0 aliphatic rings. The number of halogens is 1. The predicted molar refractivity (Wildman–Crippen MR) is 69.0 cm³/mol. The molecule has 1 aromatic carbocycles. The van der Waals surface area contributed by atoms with Crippen LogP contribution in [0.1, 0.15) is 23.1 Å². The highest BCUT2D eigenvalue weighted by Crippen LogP contribution is 2.15. The van der Waals surface area contributed by atoms with Crippen LogP contribution in [0.5, 0.6) is 0 Å². The minimum absolute atomic E-state index is 0.177. The highest BCUT2D eigenvalue weighted by molar-refractivity contribution is 9.09. The lowest BCUT2D eigenvalue weighted by atomic mass is 9.98. The van der Waals surface area contributed by atoms with Crippen molar-refractivity contribution in [2.24, 2.45) is 0 Å². The fourth-order valence-electron chi connectivity index (χ4n) is 1.64. The van der Waals surface area contributed by atoms with E-state index in [4.69, 9.17) is 4.74 Å². The van der Waals surface area contributed by atoms with E-state index in [-0.39, 0.29) is 5.97 Å². The number of ether oxygens (including phenoxy) is 1. The van der Waals surface area contributed by atoms with E-state index < -0.39 is 0 Å². The van der Waals surface area contributed by atoms with E-state index in [1.54, 1.807) is 0 Å². The highest BCUT2D eigenvalue weighted by atomic mass is 79.9. The number of aryl methyl sites for hydroxylation is 2. The van der Waals surface area contributed by atoms with Crippen molar-refractivity contribution < 1.29 is 9.53 Å². The first-order valence-corrected chi connectivity index (χ1v) is 6.50. The van der Waals surface area contributed by atoms with Gasteiger partial charge in [0.15, 0.2) is 0 Å². The average Bonchev–Trinajstić information content (AvgIpc) is 2.29. The Kier molecular flexibility index (Phi) is 5.53. The van der Waals surface area contributed by atoms with Gasteiger partial charge in [0.1, 0.15) is 0 Å². The van der Waals surface area contributed by atoms with E-state index in [0.717, 1.165) is 23.7 Å². The SMILES string of the molecule is COC(=O)Cc1ccc(C)cc1CCCBr. The van der Waals surface area contributed by atoms with E-state index in [9.17, 15) is 4.79 Å². The van der Waals surface area contributed by atoms with Crippen molar-refractivity contribution in [2.45, 2.75) is 26.2 Å². The Morgan fingerprint density at radius 1 is 1.38 bits per heavy atom. The second kappa shape index (κ2) is 6.69. The number of benzene rings is 1. The summed E-state index contributed by atoms with van der Waals surface area (Å²) in [5.74, 6) is -0.177. The molecule has 0 amide bonds. The molecule has 0 saturated carbocycles. The summed E-state index contributed by atoms with van der Waals surface area (Å²) < 4.78 is 4.70. The van der Waals surface area contributed by atoms with Gasteiger partial charge in [-0.25, -0.2) is 0 Å². The molecular weight excluding hydrogens is 268 g/mol. The minimum Gasteiger partial charge on any atom is -0.469 e. The average molecular weight is 285 g/mol. The van der Waals surface area contributed by atoms with Gasteiger partial charge >= 0.3 is 5.97 Å². The van der Waals surface area contributed by atoms with Crippen molar-refractivity contribution in [3.05, 3.63) is 34.9 Å². The summed E-state index contributed by atoms with van der Waals surface area (Å²) in [5.41, 5.74) is 3.57. The topological polar surface area (TPSA) is 26.3 Å². The van der Waals surface area contributed by atoms with Crippen molar-refractivity contribution in [1.82, 2.24) is 0 Å². The first-order chi connectivity index (χ1) is 7.67. The van der Waals surface area contributed by atoms with Crippen LogP contribution in [0.2, 0.25) is 0 Å². The molecule has 0 aliphatic heterocycles. The molecule has 0 radical (unpaired) electrons. The maximum atomic E-state index is 11.3. The Hall–Kier alpha value is -0.830. The monoisotopic (exact) mass is 284 g/mol. The molecule has 0 aromatic heterocycles. The molecular formula is C13H17BrO2. The maximum absolute atomic E-state index is 11.3. The van der Waals surface area contributed by atoms with E-state index in [0.29, 0.717) is 6.42 Å². The Balaban J connectivity index is 2.84. The number of hydrogen-bond donors (Lipinski definition) is 0. The lowest BCUT2D eigenvalue weighted by Crippen LogP contribution is -2.07. The van der Waals surface area contributed by atoms with Gasteiger partial charge in [-0.1, -0.05) is 39.7 Å². The van der Waals surface area contributed by atoms with Gasteiger partial charge in [-0.3, -0.25) is 4.79 Å². The molecule has 0 heterocycles. The lowest BCUT2D eigenvalue weighted by Gasteiger charge is -2.09. The normalized spacial score (nSPS) is 10.2. The van der Waals surface area contributed by atoms with Gasteiger partial charge in [0, 0.05) is 5.33 Å². The molecule has 1 rings (SSSR count).